The normalized spacial score (nSPS) is 11.1. The third-order valence-electron chi connectivity index (χ3n) is 3.07. The summed E-state index contributed by atoms with van der Waals surface area (Å²) >= 11 is 0. The Hall–Kier alpha value is -1.20. The molecule has 1 rings (SSSR count). The van der Waals surface area contributed by atoms with E-state index in [9.17, 15) is 0 Å². The first kappa shape index (κ1) is 16.9. The molecule has 0 unspecified atom stereocenters. The number of rotatable bonds is 10. The van der Waals surface area contributed by atoms with Crippen molar-refractivity contribution in [2.24, 2.45) is 0 Å². The summed E-state index contributed by atoms with van der Waals surface area (Å²) in [7, 11) is 0. The van der Waals surface area contributed by atoms with Crippen LogP contribution in [-0.2, 0) is 6.54 Å². The predicted octanol–water partition coefficient (Wildman–Crippen LogP) is 2.20. The van der Waals surface area contributed by atoms with Gasteiger partial charge < -0.3 is 10.4 Å². The van der Waals surface area contributed by atoms with Crippen LogP contribution < -0.4 is 5.32 Å². The molecule has 0 aliphatic rings. The van der Waals surface area contributed by atoms with Gasteiger partial charge in [0.25, 0.3) is 0 Å². The van der Waals surface area contributed by atoms with E-state index in [4.69, 9.17) is 5.11 Å². The molecule has 0 aliphatic heterocycles. The zero-order chi connectivity index (χ0) is 14.8. The molecule has 5 nitrogen and oxygen atoms in total. The van der Waals surface area contributed by atoms with E-state index >= 15 is 0 Å². The number of nitrogens with one attached hydrogen (secondary N) is 1. The Morgan fingerprint density at radius 1 is 1.20 bits per heavy atom. The van der Waals surface area contributed by atoms with E-state index in [-0.39, 0.29) is 6.61 Å². The fourth-order valence-corrected chi connectivity index (χ4v) is 2.04. The standard InChI is InChI=1S/C15H28N4O/c1-4-6-8-19(9-10-20)12-15-17-13(3)11-14(18-15)16-7-5-2/h11,20H,4-10,12H2,1-3H3,(H,16,17,18). The van der Waals surface area contributed by atoms with Gasteiger partial charge in [0.15, 0.2) is 0 Å². The van der Waals surface area contributed by atoms with Gasteiger partial charge in [-0.3, -0.25) is 4.90 Å². The molecule has 5 heteroatoms. The van der Waals surface area contributed by atoms with Crippen molar-refractivity contribution in [2.75, 3.05) is 31.6 Å². The number of aryl methyl sites for hydroxylation is 1. The van der Waals surface area contributed by atoms with Gasteiger partial charge in [0.05, 0.1) is 13.2 Å². The highest BCUT2D eigenvalue weighted by atomic mass is 16.3. The fraction of sp³-hybridized carbons (Fsp3) is 0.733. The van der Waals surface area contributed by atoms with Crippen molar-refractivity contribution in [1.82, 2.24) is 14.9 Å². The molecule has 0 bridgehead atoms. The average molecular weight is 280 g/mol. The molecule has 0 aromatic carbocycles. The molecule has 0 radical (unpaired) electrons. The first-order chi connectivity index (χ1) is 9.69. The van der Waals surface area contributed by atoms with Gasteiger partial charge in [-0.2, -0.15) is 0 Å². The highest BCUT2D eigenvalue weighted by Crippen LogP contribution is 2.09. The van der Waals surface area contributed by atoms with E-state index in [1.807, 2.05) is 13.0 Å². The minimum Gasteiger partial charge on any atom is -0.395 e. The average Bonchev–Trinajstić information content (AvgIpc) is 2.42. The number of nitrogens with zero attached hydrogens (tertiary/aromatic N) is 3. The summed E-state index contributed by atoms with van der Waals surface area (Å²) in [5.41, 5.74) is 0.980. The van der Waals surface area contributed by atoms with Gasteiger partial charge in [0.1, 0.15) is 11.6 Å². The Morgan fingerprint density at radius 3 is 2.65 bits per heavy atom. The van der Waals surface area contributed by atoms with Gasteiger partial charge in [0.2, 0.25) is 0 Å². The molecule has 1 aromatic heterocycles. The van der Waals surface area contributed by atoms with Crippen LogP contribution >= 0.6 is 0 Å². The highest BCUT2D eigenvalue weighted by Gasteiger charge is 2.09. The van der Waals surface area contributed by atoms with E-state index in [2.05, 4.69) is 34.0 Å². The second kappa shape index (κ2) is 9.66. The lowest BCUT2D eigenvalue weighted by Crippen LogP contribution is -2.28. The van der Waals surface area contributed by atoms with E-state index in [0.717, 1.165) is 49.7 Å². The quantitative estimate of drug-likeness (QED) is 0.688. The Bertz CT molecular complexity index is 384. The van der Waals surface area contributed by atoms with Crippen LogP contribution in [0.15, 0.2) is 6.07 Å². The van der Waals surface area contributed by atoms with Crippen molar-refractivity contribution in [2.45, 2.75) is 46.6 Å². The molecule has 2 N–H and O–H groups in total. The van der Waals surface area contributed by atoms with Gasteiger partial charge in [0, 0.05) is 24.8 Å². The van der Waals surface area contributed by atoms with Crippen molar-refractivity contribution in [1.29, 1.82) is 0 Å². The van der Waals surface area contributed by atoms with Crippen molar-refractivity contribution in [3.8, 4) is 0 Å². The molecule has 114 valence electrons. The van der Waals surface area contributed by atoms with Crippen molar-refractivity contribution >= 4 is 5.82 Å². The Balaban J connectivity index is 2.69. The second-order valence-corrected chi connectivity index (χ2v) is 5.09. The number of aliphatic hydroxyl groups excluding tert-OH is 1. The molecule has 0 spiro atoms. The zero-order valence-electron chi connectivity index (χ0n) is 13.0. The third kappa shape index (κ3) is 6.30. The minimum absolute atomic E-state index is 0.177. The molecule has 0 saturated carbocycles. The van der Waals surface area contributed by atoms with Gasteiger partial charge >= 0.3 is 0 Å². The maximum absolute atomic E-state index is 9.14. The number of unbranched alkanes of at least 4 members (excludes halogenated alkanes) is 1. The van der Waals surface area contributed by atoms with Crippen LogP contribution in [0.25, 0.3) is 0 Å². The van der Waals surface area contributed by atoms with Gasteiger partial charge in [-0.05, 0) is 26.3 Å². The first-order valence-electron chi connectivity index (χ1n) is 7.61. The Labute approximate surface area is 122 Å². The molecular formula is C15H28N4O. The summed E-state index contributed by atoms with van der Waals surface area (Å²) in [6, 6.07) is 1.97. The molecule has 0 saturated heterocycles. The van der Waals surface area contributed by atoms with Crippen LogP contribution in [0.2, 0.25) is 0 Å². The summed E-state index contributed by atoms with van der Waals surface area (Å²) in [6.45, 7) is 9.75. The molecule has 1 aromatic rings. The van der Waals surface area contributed by atoms with Crippen LogP contribution in [0.4, 0.5) is 5.82 Å². The zero-order valence-corrected chi connectivity index (χ0v) is 13.0. The van der Waals surface area contributed by atoms with Crippen molar-refractivity contribution in [3.05, 3.63) is 17.6 Å². The topological polar surface area (TPSA) is 61.3 Å². The highest BCUT2D eigenvalue weighted by molar-refractivity contribution is 5.35. The molecule has 0 fully saturated rings. The molecule has 0 atom stereocenters. The van der Waals surface area contributed by atoms with Gasteiger partial charge in [-0.1, -0.05) is 20.3 Å². The lowest BCUT2D eigenvalue weighted by molar-refractivity contribution is 0.185. The van der Waals surface area contributed by atoms with E-state index in [1.165, 1.54) is 0 Å². The summed E-state index contributed by atoms with van der Waals surface area (Å²) in [5.74, 6) is 1.72. The number of anilines is 1. The first-order valence-corrected chi connectivity index (χ1v) is 7.61. The van der Waals surface area contributed by atoms with E-state index in [1.54, 1.807) is 0 Å². The summed E-state index contributed by atoms with van der Waals surface area (Å²) in [5, 5.41) is 12.4. The molecular weight excluding hydrogens is 252 g/mol. The SMILES string of the molecule is CCCCN(CCO)Cc1nc(C)cc(NCCC)n1. The second-order valence-electron chi connectivity index (χ2n) is 5.09. The summed E-state index contributed by atoms with van der Waals surface area (Å²) in [4.78, 5) is 11.3. The van der Waals surface area contributed by atoms with Crippen molar-refractivity contribution in [3.63, 3.8) is 0 Å². The Morgan fingerprint density at radius 2 is 2.00 bits per heavy atom. The van der Waals surface area contributed by atoms with Gasteiger partial charge in [-0.25, -0.2) is 9.97 Å². The minimum atomic E-state index is 0.177. The molecule has 20 heavy (non-hydrogen) atoms. The molecule has 0 aliphatic carbocycles. The monoisotopic (exact) mass is 280 g/mol. The van der Waals surface area contributed by atoms with Crippen LogP contribution in [0.3, 0.4) is 0 Å². The number of aromatic nitrogens is 2. The van der Waals surface area contributed by atoms with Crippen LogP contribution in [0, 0.1) is 6.92 Å². The van der Waals surface area contributed by atoms with Gasteiger partial charge in [-0.15, -0.1) is 0 Å². The predicted molar refractivity (Wildman–Crippen MR) is 82.8 cm³/mol. The number of hydrogen-bond donors (Lipinski definition) is 2. The largest absolute Gasteiger partial charge is 0.395 e. The smallest absolute Gasteiger partial charge is 0.144 e. The maximum Gasteiger partial charge on any atom is 0.144 e. The fourth-order valence-electron chi connectivity index (χ4n) is 2.04. The third-order valence-corrected chi connectivity index (χ3v) is 3.07. The lowest BCUT2D eigenvalue weighted by atomic mass is 10.3. The molecule has 1 heterocycles. The summed E-state index contributed by atoms with van der Waals surface area (Å²) in [6.07, 6.45) is 3.36. The molecule has 0 amide bonds. The summed E-state index contributed by atoms with van der Waals surface area (Å²) < 4.78 is 0. The van der Waals surface area contributed by atoms with Crippen molar-refractivity contribution < 1.29 is 5.11 Å². The Kier molecular flexibility index (Phi) is 8.14. The lowest BCUT2D eigenvalue weighted by Gasteiger charge is -2.20. The number of aliphatic hydroxyl groups is 1. The maximum atomic E-state index is 9.14. The van der Waals surface area contributed by atoms with E-state index < -0.39 is 0 Å². The van der Waals surface area contributed by atoms with Crippen LogP contribution in [0.5, 0.6) is 0 Å². The van der Waals surface area contributed by atoms with Crippen LogP contribution in [0.1, 0.15) is 44.6 Å². The number of hydrogen-bond acceptors (Lipinski definition) is 5. The van der Waals surface area contributed by atoms with Crippen LogP contribution in [-0.4, -0.2) is 46.2 Å². The van der Waals surface area contributed by atoms with E-state index in [0.29, 0.717) is 13.1 Å².